The molecule has 0 aliphatic heterocycles. The van der Waals surface area contributed by atoms with E-state index in [1.165, 1.54) is 50.6 Å². The molecule has 0 unspecified atom stereocenters. The Bertz CT molecular complexity index is 317. The largest absolute Gasteiger partial charge is 0.295 e. The normalized spacial score (nSPS) is 17.9. The van der Waals surface area contributed by atoms with Crippen LogP contribution in [0.1, 0.15) is 44.1 Å². The van der Waals surface area contributed by atoms with Gasteiger partial charge in [-0.05, 0) is 18.4 Å². The summed E-state index contributed by atoms with van der Waals surface area (Å²) >= 11 is 3.61. The smallest absolute Gasteiger partial charge is 0.0237 e. The average Bonchev–Trinajstić information content (AvgIpc) is 2.68. The van der Waals surface area contributed by atoms with Crippen molar-refractivity contribution in [3.8, 4) is 0 Å². The van der Waals surface area contributed by atoms with Gasteiger partial charge < -0.3 is 0 Å². The summed E-state index contributed by atoms with van der Waals surface area (Å²) in [5, 5.41) is 1.08. The minimum Gasteiger partial charge on any atom is -0.295 e. The summed E-state index contributed by atoms with van der Waals surface area (Å²) in [6.45, 7) is 2.27. The molecule has 1 aromatic carbocycles. The molecular weight excluding hydrogens is 286 g/mol. The van der Waals surface area contributed by atoms with Crippen LogP contribution in [0.2, 0.25) is 0 Å². The molecule has 0 aromatic heterocycles. The van der Waals surface area contributed by atoms with Crippen LogP contribution in [0.25, 0.3) is 0 Å². The number of alkyl halides is 1. The highest BCUT2D eigenvalue weighted by molar-refractivity contribution is 9.09. The second-order valence-electron chi connectivity index (χ2n) is 5.29. The highest BCUT2D eigenvalue weighted by Crippen LogP contribution is 2.23. The van der Waals surface area contributed by atoms with E-state index in [4.69, 9.17) is 0 Å². The Kier molecular flexibility index (Phi) is 6.22. The number of hydrogen-bond donors (Lipinski definition) is 0. The molecule has 0 spiro atoms. The van der Waals surface area contributed by atoms with Gasteiger partial charge in [0.1, 0.15) is 0 Å². The van der Waals surface area contributed by atoms with Crippen LogP contribution in [-0.4, -0.2) is 22.8 Å². The molecule has 100 valence electrons. The zero-order chi connectivity index (χ0) is 12.6. The number of nitrogens with zero attached hydrogens (tertiary/aromatic N) is 1. The first-order valence-electron chi connectivity index (χ1n) is 7.24. The van der Waals surface area contributed by atoms with Crippen molar-refractivity contribution < 1.29 is 0 Å². The molecule has 1 fully saturated rings. The number of benzene rings is 1. The summed E-state index contributed by atoms with van der Waals surface area (Å²) in [6, 6.07) is 11.7. The maximum Gasteiger partial charge on any atom is 0.0237 e. The molecule has 1 aliphatic rings. The summed E-state index contributed by atoms with van der Waals surface area (Å²) in [7, 11) is 0. The van der Waals surface area contributed by atoms with Crippen molar-refractivity contribution in [1.82, 2.24) is 4.90 Å². The third-order valence-electron chi connectivity index (χ3n) is 3.94. The van der Waals surface area contributed by atoms with Crippen molar-refractivity contribution in [1.29, 1.82) is 0 Å². The van der Waals surface area contributed by atoms with Crippen LogP contribution < -0.4 is 0 Å². The van der Waals surface area contributed by atoms with Gasteiger partial charge in [-0.2, -0.15) is 0 Å². The lowest BCUT2D eigenvalue weighted by molar-refractivity contribution is 0.182. The van der Waals surface area contributed by atoms with E-state index >= 15 is 0 Å². The van der Waals surface area contributed by atoms with E-state index in [9.17, 15) is 0 Å². The molecule has 1 aromatic rings. The standard InChI is InChI=1S/C16H24BrN/c17-12-13-18(14-15-8-4-3-5-9-15)16-10-6-1-2-7-11-16/h3-5,8-9,16H,1-2,6-7,10-14H2. The van der Waals surface area contributed by atoms with Crippen LogP contribution in [0, 0.1) is 0 Å². The number of rotatable bonds is 5. The van der Waals surface area contributed by atoms with E-state index in [0.29, 0.717) is 0 Å². The summed E-state index contributed by atoms with van der Waals surface area (Å²) < 4.78 is 0. The monoisotopic (exact) mass is 309 g/mol. The van der Waals surface area contributed by atoms with Crippen molar-refractivity contribution in [3.63, 3.8) is 0 Å². The summed E-state index contributed by atoms with van der Waals surface area (Å²) in [5.74, 6) is 0. The van der Waals surface area contributed by atoms with Gasteiger partial charge in [-0.1, -0.05) is 71.9 Å². The highest BCUT2D eigenvalue weighted by atomic mass is 79.9. The minimum atomic E-state index is 0.797. The molecule has 2 heteroatoms. The van der Waals surface area contributed by atoms with E-state index in [2.05, 4.69) is 51.2 Å². The van der Waals surface area contributed by atoms with Crippen LogP contribution in [0.3, 0.4) is 0 Å². The molecule has 1 nitrogen and oxygen atoms in total. The first-order valence-corrected chi connectivity index (χ1v) is 8.36. The molecule has 0 atom stereocenters. The van der Waals surface area contributed by atoms with E-state index in [1.54, 1.807) is 0 Å². The zero-order valence-corrected chi connectivity index (χ0v) is 12.7. The maximum absolute atomic E-state index is 3.61. The van der Waals surface area contributed by atoms with E-state index in [0.717, 1.165) is 17.9 Å². The third kappa shape index (κ3) is 4.40. The van der Waals surface area contributed by atoms with Crippen LogP contribution >= 0.6 is 15.9 Å². The lowest BCUT2D eigenvalue weighted by atomic mass is 10.1. The lowest BCUT2D eigenvalue weighted by Crippen LogP contribution is -2.35. The fraction of sp³-hybridized carbons (Fsp3) is 0.625. The molecule has 1 aliphatic carbocycles. The fourth-order valence-corrected chi connectivity index (χ4v) is 3.40. The van der Waals surface area contributed by atoms with Gasteiger partial charge in [-0.25, -0.2) is 0 Å². The Hall–Kier alpha value is -0.340. The Morgan fingerprint density at radius 3 is 2.28 bits per heavy atom. The number of hydrogen-bond acceptors (Lipinski definition) is 1. The van der Waals surface area contributed by atoms with Crippen molar-refractivity contribution in [2.24, 2.45) is 0 Å². The molecule has 2 rings (SSSR count). The SMILES string of the molecule is BrCCN(Cc1ccccc1)C1CCCCCC1. The van der Waals surface area contributed by atoms with Gasteiger partial charge in [0.15, 0.2) is 0 Å². The van der Waals surface area contributed by atoms with Crippen LogP contribution in [0.5, 0.6) is 0 Å². The summed E-state index contributed by atoms with van der Waals surface area (Å²) in [4.78, 5) is 2.68. The first kappa shape index (κ1) is 14.1. The van der Waals surface area contributed by atoms with Crippen LogP contribution in [-0.2, 0) is 6.54 Å². The van der Waals surface area contributed by atoms with Gasteiger partial charge in [0.25, 0.3) is 0 Å². The predicted molar refractivity (Wildman–Crippen MR) is 82.1 cm³/mol. The Morgan fingerprint density at radius 2 is 1.67 bits per heavy atom. The third-order valence-corrected chi connectivity index (χ3v) is 4.30. The van der Waals surface area contributed by atoms with Gasteiger partial charge in [-0.3, -0.25) is 4.90 Å². The maximum atomic E-state index is 3.61. The van der Waals surface area contributed by atoms with Crippen LogP contribution in [0.15, 0.2) is 30.3 Å². The molecule has 1 saturated carbocycles. The van der Waals surface area contributed by atoms with Gasteiger partial charge in [-0.15, -0.1) is 0 Å². The Morgan fingerprint density at radius 1 is 1.00 bits per heavy atom. The summed E-state index contributed by atoms with van der Waals surface area (Å²) in [6.07, 6.45) is 8.48. The van der Waals surface area contributed by atoms with Crippen molar-refractivity contribution in [2.45, 2.75) is 51.1 Å². The van der Waals surface area contributed by atoms with Crippen LogP contribution in [0.4, 0.5) is 0 Å². The quantitative estimate of drug-likeness (QED) is 0.567. The second-order valence-corrected chi connectivity index (χ2v) is 6.08. The topological polar surface area (TPSA) is 3.24 Å². The van der Waals surface area contributed by atoms with E-state index in [1.807, 2.05) is 0 Å². The second kappa shape index (κ2) is 7.96. The zero-order valence-electron chi connectivity index (χ0n) is 11.2. The molecule has 0 heterocycles. The van der Waals surface area contributed by atoms with Gasteiger partial charge in [0.2, 0.25) is 0 Å². The molecule has 0 radical (unpaired) electrons. The Labute approximate surface area is 120 Å². The van der Waals surface area contributed by atoms with Crippen molar-refractivity contribution >= 4 is 15.9 Å². The van der Waals surface area contributed by atoms with Gasteiger partial charge in [0, 0.05) is 24.5 Å². The molecule has 0 amide bonds. The van der Waals surface area contributed by atoms with E-state index in [-0.39, 0.29) is 0 Å². The first-order chi connectivity index (χ1) is 8.90. The van der Waals surface area contributed by atoms with Crippen molar-refractivity contribution in [2.75, 3.05) is 11.9 Å². The molecule has 0 bridgehead atoms. The lowest BCUT2D eigenvalue weighted by Gasteiger charge is -2.30. The Balaban J connectivity index is 1.97. The number of halogens is 1. The molecule has 0 saturated heterocycles. The molecule has 0 N–H and O–H groups in total. The van der Waals surface area contributed by atoms with Gasteiger partial charge in [0.05, 0.1) is 0 Å². The van der Waals surface area contributed by atoms with Gasteiger partial charge >= 0.3 is 0 Å². The fourth-order valence-electron chi connectivity index (χ4n) is 2.94. The average molecular weight is 310 g/mol. The van der Waals surface area contributed by atoms with Crippen molar-refractivity contribution in [3.05, 3.63) is 35.9 Å². The minimum absolute atomic E-state index is 0.797. The van der Waals surface area contributed by atoms with E-state index < -0.39 is 0 Å². The highest BCUT2D eigenvalue weighted by Gasteiger charge is 2.19. The summed E-state index contributed by atoms with van der Waals surface area (Å²) in [5.41, 5.74) is 1.45. The molecule has 18 heavy (non-hydrogen) atoms. The molecular formula is C16H24BrN. The predicted octanol–water partition coefficient (Wildman–Crippen LogP) is 4.61.